The Morgan fingerprint density at radius 2 is 2.00 bits per heavy atom. The van der Waals surface area contributed by atoms with Crippen molar-refractivity contribution in [1.82, 2.24) is 0 Å². The van der Waals surface area contributed by atoms with Crippen molar-refractivity contribution < 1.29 is 23.1 Å². The average molecular weight is 283 g/mol. The predicted octanol–water partition coefficient (Wildman–Crippen LogP) is 0.588. The van der Waals surface area contributed by atoms with E-state index in [4.69, 9.17) is 5.11 Å². The van der Waals surface area contributed by atoms with Gasteiger partial charge in [0.15, 0.2) is 9.84 Å². The first-order valence-electron chi connectivity index (χ1n) is 5.64. The largest absolute Gasteiger partial charge is 0.474 e. The molecule has 1 aromatic carbocycles. The van der Waals surface area contributed by atoms with Crippen molar-refractivity contribution in [2.75, 3.05) is 10.7 Å². The number of rotatable bonds is 0. The fourth-order valence-electron chi connectivity index (χ4n) is 2.21. The monoisotopic (exact) mass is 283 g/mol. The van der Waals surface area contributed by atoms with E-state index in [2.05, 4.69) is 0 Å². The number of fused-ring (bicyclic) bond motifs is 1. The molecule has 0 aromatic heterocycles. The van der Waals surface area contributed by atoms with E-state index in [1.807, 2.05) is 0 Å². The lowest BCUT2D eigenvalue weighted by molar-refractivity contribution is -0.149. The molecule has 1 aliphatic rings. The molecular formula is C12H13NO5S. The Bertz CT molecular complexity index is 665. The first kappa shape index (κ1) is 13.5. The number of nitrogens with zero attached hydrogens (tertiary/aromatic N) is 1. The van der Waals surface area contributed by atoms with Crippen LogP contribution in [0.5, 0.6) is 0 Å². The van der Waals surface area contributed by atoms with Crippen LogP contribution in [0.1, 0.15) is 12.5 Å². The van der Waals surface area contributed by atoms with E-state index >= 15 is 0 Å². The number of hydrogen-bond donors (Lipinski definition) is 1. The van der Waals surface area contributed by atoms with Gasteiger partial charge in [0.2, 0.25) is 0 Å². The number of aliphatic carboxylic acids is 1. The molecule has 0 fully saturated rings. The molecule has 0 bridgehead atoms. The molecule has 1 aromatic rings. The van der Waals surface area contributed by atoms with E-state index in [1.165, 1.54) is 19.1 Å². The Morgan fingerprint density at radius 1 is 1.37 bits per heavy atom. The third-order valence-electron chi connectivity index (χ3n) is 3.01. The zero-order valence-electron chi connectivity index (χ0n) is 10.5. The van der Waals surface area contributed by atoms with Crippen molar-refractivity contribution in [3.63, 3.8) is 0 Å². The molecule has 1 N–H and O–H groups in total. The smallest absolute Gasteiger partial charge is 0.394 e. The van der Waals surface area contributed by atoms with Gasteiger partial charge in [-0.05, 0) is 31.5 Å². The molecule has 0 saturated heterocycles. The summed E-state index contributed by atoms with van der Waals surface area (Å²) in [6.45, 7) is 3.26. The second kappa shape index (κ2) is 4.34. The van der Waals surface area contributed by atoms with E-state index in [1.54, 1.807) is 13.0 Å². The SMILES string of the molecule is Cc1ccc2c(c1)N(C(=O)C(=O)O)C(C)CS2(=O)=O. The summed E-state index contributed by atoms with van der Waals surface area (Å²) in [4.78, 5) is 23.6. The van der Waals surface area contributed by atoms with Gasteiger partial charge in [-0.1, -0.05) is 6.07 Å². The van der Waals surface area contributed by atoms with Crippen molar-refractivity contribution in [3.05, 3.63) is 23.8 Å². The van der Waals surface area contributed by atoms with E-state index in [-0.39, 0.29) is 16.3 Å². The Labute approximate surface area is 110 Å². The van der Waals surface area contributed by atoms with Gasteiger partial charge in [0, 0.05) is 6.04 Å². The number of amides is 1. The fraction of sp³-hybridized carbons (Fsp3) is 0.333. The molecule has 1 atom stereocenters. The van der Waals surface area contributed by atoms with Crippen molar-refractivity contribution in [2.24, 2.45) is 0 Å². The zero-order chi connectivity index (χ0) is 14.4. The number of carbonyl (C=O) groups is 2. The lowest BCUT2D eigenvalue weighted by Crippen LogP contribution is -2.49. The standard InChI is InChI=1S/C12H13NO5S/c1-7-3-4-10-9(5-7)13(11(14)12(15)16)8(2)6-19(10,17)18/h3-5,8H,6H2,1-2H3,(H,15,16). The lowest BCUT2D eigenvalue weighted by Gasteiger charge is -2.33. The molecule has 1 unspecified atom stereocenters. The minimum Gasteiger partial charge on any atom is -0.474 e. The molecule has 19 heavy (non-hydrogen) atoms. The second-order valence-electron chi connectivity index (χ2n) is 4.58. The third-order valence-corrected chi connectivity index (χ3v) is 4.95. The Morgan fingerprint density at radius 3 is 2.58 bits per heavy atom. The number of sulfone groups is 1. The van der Waals surface area contributed by atoms with Gasteiger partial charge in [-0.3, -0.25) is 9.69 Å². The van der Waals surface area contributed by atoms with Crippen molar-refractivity contribution in [3.8, 4) is 0 Å². The summed E-state index contributed by atoms with van der Waals surface area (Å²) in [5.41, 5.74) is 0.900. The van der Waals surface area contributed by atoms with Gasteiger partial charge in [0.1, 0.15) is 0 Å². The summed E-state index contributed by atoms with van der Waals surface area (Å²) >= 11 is 0. The number of anilines is 1. The van der Waals surface area contributed by atoms with Crippen LogP contribution in [0, 0.1) is 6.92 Å². The average Bonchev–Trinajstić information content (AvgIpc) is 2.26. The first-order chi connectivity index (χ1) is 8.74. The first-order valence-corrected chi connectivity index (χ1v) is 7.29. The molecule has 0 aliphatic carbocycles. The molecule has 6 nitrogen and oxygen atoms in total. The van der Waals surface area contributed by atoms with E-state index < -0.39 is 27.8 Å². The highest BCUT2D eigenvalue weighted by Crippen LogP contribution is 2.34. The zero-order valence-corrected chi connectivity index (χ0v) is 11.3. The Hall–Kier alpha value is -1.89. The van der Waals surface area contributed by atoms with Gasteiger partial charge < -0.3 is 5.11 Å². The number of carboxylic acid groups (broad SMARTS) is 1. The summed E-state index contributed by atoms with van der Waals surface area (Å²) in [6, 6.07) is 3.84. The van der Waals surface area contributed by atoms with Gasteiger partial charge in [-0.2, -0.15) is 0 Å². The maximum Gasteiger partial charge on any atom is 0.394 e. The maximum absolute atomic E-state index is 12.0. The summed E-state index contributed by atoms with van der Waals surface area (Å²) < 4.78 is 24.1. The van der Waals surface area contributed by atoms with Crippen LogP contribution < -0.4 is 4.90 Å². The lowest BCUT2D eigenvalue weighted by atomic mass is 10.1. The van der Waals surface area contributed by atoms with Gasteiger partial charge in [-0.25, -0.2) is 13.2 Å². The molecule has 0 saturated carbocycles. The van der Waals surface area contributed by atoms with Crippen LogP contribution in [-0.2, 0) is 19.4 Å². The van der Waals surface area contributed by atoms with Crippen LogP contribution >= 0.6 is 0 Å². The minimum absolute atomic E-state index is 0.00537. The van der Waals surface area contributed by atoms with Crippen LogP contribution in [0.2, 0.25) is 0 Å². The van der Waals surface area contributed by atoms with Crippen LogP contribution in [-0.4, -0.2) is 37.2 Å². The van der Waals surface area contributed by atoms with Gasteiger partial charge in [0.25, 0.3) is 0 Å². The normalized spacial score (nSPS) is 20.7. The number of carbonyl (C=O) groups excluding carboxylic acids is 1. The second-order valence-corrected chi connectivity index (χ2v) is 6.58. The Balaban J connectivity index is 2.69. The molecular weight excluding hydrogens is 270 g/mol. The van der Waals surface area contributed by atoms with Gasteiger partial charge >= 0.3 is 11.9 Å². The maximum atomic E-state index is 12.0. The molecule has 102 valence electrons. The number of aryl methyl sites for hydroxylation is 1. The molecule has 0 radical (unpaired) electrons. The minimum atomic E-state index is -3.49. The summed E-state index contributed by atoms with van der Waals surface area (Å²) in [7, 11) is -3.49. The molecule has 0 spiro atoms. The van der Waals surface area contributed by atoms with Gasteiger partial charge in [-0.15, -0.1) is 0 Å². The highest BCUT2D eigenvalue weighted by Gasteiger charge is 2.38. The Kier molecular flexibility index (Phi) is 3.09. The van der Waals surface area contributed by atoms with E-state index in [9.17, 15) is 18.0 Å². The van der Waals surface area contributed by atoms with Gasteiger partial charge in [0.05, 0.1) is 16.3 Å². The van der Waals surface area contributed by atoms with Crippen molar-refractivity contribution in [2.45, 2.75) is 24.8 Å². The molecule has 1 amide bonds. The molecule has 7 heteroatoms. The number of benzene rings is 1. The highest BCUT2D eigenvalue weighted by atomic mass is 32.2. The van der Waals surface area contributed by atoms with Crippen LogP contribution in [0.4, 0.5) is 5.69 Å². The molecule has 2 rings (SSSR count). The topological polar surface area (TPSA) is 91.8 Å². The summed E-state index contributed by atoms with van der Waals surface area (Å²) in [5, 5.41) is 8.84. The molecule has 1 aliphatic heterocycles. The van der Waals surface area contributed by atoms with Crippen molar-refractivity contribution in [1.29, 1.82) is 0 Å². The summed E-state index contributed by atoms with van der Waals surface area (Å²) in [5.74, 6) is -2.99. The van der Waals surface area contributed by atoms with Crippen LogP contribution in [0.15, 0.2) is 23.1 Å². The number of hydrogen-bond acceptors (Lipinski definition) is 4. The quantitative estimate of drug-likeness (QED) is 0.703. The highest BCUT2D eigenvalue weighted by molar-refractivity contribution is 7.91. The van der Waals surface area contributed by atoms with Crippen LogP contribution in [0.3, 0.4) is 0 Å². The third kappa shape index (κ3) is 2.21. The van der Waals surface area contributed by atoms with E-state index in [0.29, 0.717) is 0 Å². The predicted molar refractivity (Wildman–Crippen MR) is 67.8 cm³/mol. The summed E-state index contributed by atoms with van der Waals surface area (Å²) in [6.07, 6.45) is 0. The number of carboxylic acids is 1. The van der Waals surface area contributed by atoms with Crippen molar-refractivity contribution >= 4 is 27.4 Å². The van der Waals surface area contributed by atoms with E-state index in [0.717, 1.165) is 10.5 Å². The van der Waals surface area contributed by atoms with Crippen LogP contribution in [0.25, 0.3) is 0 Å². The fourth-order valence-corrected chi connectivity index (χ4v) is 3.93. The molecule has 1 heterocycles.